The number of guanidine groups is 1. The van der Waals surface area contributed by atoms with Crippen molar-refractivity contribution in [2.24, 2.45) is 4.99 Å². The van der Waals surface area contributed by atoms with E-state index in [1.165, 1.54) is 0 Å². The van der Waals surface area contributed by atoms with Crippen molar-refractivity contribution in [3.63, 3.8) is 0 Å². The number of nitrogens with one attached hydrogen (secondary N) is 2. The molecule has 8 heteroatoms. The van der Waals surface area contributed by atoms with Gasteiger partial charge in [-0.2, -0.15) is 0 Å². The topological polar surface area (TPSA) is 74.9 Å². The van der Waals surface area contributed by atoms with E-state index in [2.05, 4.69) is 38.5 Å². The fraction of sp³-hybridized carbons (Fsp3) is 0.500. The molecular weight excluding hydrogens is 469 g/mol. The lowest BCUT2D eigenvalue weighted by atomic mass is 10.1. The lowest BCUT2D eigenvalue weighted by Crippen LogP contribution is -2.46. The molecule has 1 saturated heterocycles. The Kier molecular flexibility index (Phi) is 9.72. The highest BCUT2D eigenvalue weighted by Crippen LogP contribution is 2.23. The van der Waals surface area contributed by atoms with Crippen LogP contribution in [0.4, 0.5) is 0 Å². The van der Waals surface area contributed by atoms with E-state index in [0.717, 1.165) is 56.0 Å². The molecule has 0 bridgehead atoms. The van der Waals surface area contributed by atoms with Gasteiger partial charge in [0.05, 0.1) is 31.5 Å². The smallest absolute Gasteiger partial charge is 0.191 e. The largest absolute Gasteiger partial charge is 0.465 e. The molecule has 2 aromatic rings. The summed E-state index contributed by atoms with van der Waals surface area (Å²) in [6.45, 7) is 9.39. The monoisotopic (exact) mass is 499 g/mol. The molecule has 154 valence electrons. The van der Waals surface area contributed by atoms with Gasteiger partial charge in [-0.1, -0.05) is 6.07 Å². The van der Waals surface area contributed by atoms with Crippen LogP contribution in [-0.4, -0.2) is 55.2 Å². The average molecular weight is 499 g/mol. The van der Waals surface area contributed by atoms with Gasteiger partial charge < -0.3 is 19.8 Å². The summed E-state index contributed by atoms with van der Waals surface area (Å²) in [5.74, 6) is 2.69. The van der Waals surface area contributed by atoms with Crippen molar-refractivity contribution in [1.29, 1.82) is 0 Å². The summed E-state index contributed by atoms with van der Waals surface area (Å²) in [7, 11) is 0. The molecule has 1 atom stereocenters. The normalized spacial score (nSPS) is 16.3. The quantitative estimate of drug-likeness (QED) is 0.347. The van der Waals surface area contributed by atoms with Crippen LogP contribution in [-0.2, 0) is 11.3 Å². The van der Waals surface area contributed by atoms with Gasteiger partial charge in [-0.15, -0.1) is 24.0 Å². The lowest BCUT2D eigenvalue weighted by Gasteiger charge is -2.33. The van der Waals surface area contributed by atoms with Gasteiger partial charge >= 0.3 is 0 Å². The molecule has 3 heterocycles. The van der Waals surface area contributed by atoms with E-state index in [1.54, 1.807) is 6.20 Å². The molecule has 1 unspecified atom stereocenters. The number of halogens is 1. The summed E-state index contributed by atoms with van der Waals surface area (Å²) < 4.78 is 11.4. The standard InChI is InChI=1S/C20H29N5O2.HI/c1-3-21-20(23-14-17-6-4-5-9-22-17)24-15-18(19-8-7-16(2)27-19)25-10-12-26-13-11-25;/h4-9,18H,3,10-15H2,1-2H3,(H2,21,23,24);1H. The van der Waals surface area contributed by atoms with Crippen molar-refractivity contribution in [3.8, 4) is 0 Å². The van der Waals surface area contributed by atoms with E-state index in [-0.39, 0.29) is 30.0 Å². The lowest BCUT2D eigenvalue weighted by molar-refractivity contribution is 0.0124. The second-order valence-corrected chi connectivity index (χ2v) is 6.51. The molecule has 2 aromatic heterocycles. The molecule has 1 aliphatic heterocycles. The molecular formula is C20H30IN5O2. The maximum absolute atomic E-state index is 5.93. The molecule has 0 amide bonds. The molecule has 1 fully saturated rings. The fourth-order valence-electron chi connectivity index (χ4n) is 3.12. The van der Waals surface area contributed by atoms with Crippen LogP contribution in [0.1, 0.15) is 30.2 Å². The maximum atomic E-state index is 5.93. The number of hydrogen-bond donors (Lipinski definition) is 2. The number of aromatic nitrogens is 1. The number of hydrogen-bond acceptors (Lipinski definition) is 5. The van der Waals surface area contributed by atoms with Crippen LogP contribution in [0.3, 0.4) is 0 Å². The Morgan fingerprint density at radius 3 is 2.68 bits per heavy atom. The van der Waals surface area contributed by atoms with Crippen molar-refractivity contribution in [3.05, 3.63) is 53.7 Å². The minimum Gasteiger partial charge on any atom is -0.465 e. The van der Waals surface area contributed by atoms with E-state index in [1.807, 2.05) is 31.2 Å². The third-order valence-corrected chi connectivity index (χ3v) is 4.51. The minimum atomic E-state index is 0. The first-order chi connectivity index (χ1) is 13.3. The van der Waals surface area contributed by atoms with Crippen LogP contribution >= 0.6 is 24.0 Å². The zero-order valence-electron chi connectivity index (χ0n) is 16.6. The Hall–Kier alpha value is -1.65. The maximum Gasteiger partial charge on any atom is 0.191 e. The molecule has 0 saturated carbocycles. The zero-order chi connectivity index (χ0) is 18.9. The van der Waals surface area contributed by atoms with Gasteiger partial charge in [0.2, 0.25) is 0 Å². The highest BCUT2D eigenvalue weighted by Gasteiger charge is 2.25. The van der Waals surface area contributed by atoms with Crippen molar-refractivity contribution < 1.29 is 9.15 Å². The van der Waals surface area contributed by atoms with E-state index in [0.29, 0.717) is 13.1 Å². The van der Waals surface area contributed by atoms with Crippen LogP contribution in [0.15, 0.2) is 45.9 Å². The second-order valence-electron chi connectivity index (χ2n) is 6.51. The molecule has 28 heavy (non-hydrogen) atoms. The molecule has 1 aliphatic rings. The van der Waals surface area contributed by atoms with Gasteiger partial charge in [0, 0.05) is 32.4 Å². The number of furan rings is 1. The van der Waals surface area contributed by atoms with Crippen molar-refractivity contribution in [2.45, 2.75) is 26.4 Å². The van der Waals surface area contributed by atoms with E-state index >= 15 is 0 Å². The molecule has 0 aromatic carbocycles. The summed E-state index contributed by atoms with van der Waals surface area (Å²) in [6, 6.07) is 10.1. The van der Waals surface area contributed by atoms with E-state index < -0.39 is 0 Å². The first kappa shape index (κ1) is 22.6. The SMILES string of the molecule is CCNC(=NCc1ccccn1)NCC(c1ccc(C)o1)N1CCOCC1.I. The Morgan fingerprint density at radius 1 is 1.21 bits per heavy atom. The summed E-state index contributed by atoms with van der Waals surface area (Å²) in [6.07, 6.45) is 1.79. The molecule has 0 aliphatic carbocycles. The van der Waals surface area contributed by atoms with Crippen LogP contribution in [0, 0.1) is 6.92 Å². The minimum absolute atomic E-state index is 0. The van der Waals surface area contributed by atoms with Gasteiger partial charge in [0.25, 0.3) is 0 Å². The van der Waals surface area contributed by atoms with Crippen LogP contribution in [0.5, 0.6) is 0 Å². The van der Waals surface area contributed by atoms with E-state index in [4.69, 9.17) is 9.15 Å². The predicted octanol–water partition coefficient (Wildman–Crippen LogP) is 2.73. The Balaban J connectivity index is 0.00000280. The third kappa shape index (κ3) is 6.75. The third-order valence-electron chi connectivity index (χ3n) is 4.51. The van der Waals surface area contributed by atoms with Gasteiger partial charge in [-0.25, -0.2) is 4.99 Å². The van der Waals surface area contributed by atoms with Gasteiger partial charge in [0.15, 0.2) is 5.96 Å². The van der Waals surface area contributed by atoms with E-state index in [9.17, 15) is 0 Å². The summed E-state index contributed by atoms with van der Waals surface area (Å²) in [4.78, 5) is 11.4. The number of nitrogens with zero attached hydrogens (tertiary/aromatic N) is 3. The number of rotatable bonds is 7. The second kappa shape index (κ2) is 12.0. The molecule has 2 N–H and O–H groups in total. The number of ether oxygens (including phenoxy) is 1. The molecule has 3 rings (SSSR count). The Morgan fingerprint density at radius 2 is 2.04 bits per heavy atom. The van der Waals surface area contributed by atoms with Crippen LogP contribution in [0.2, 0.25) is 0 Å². The highest BCUT2D eigenvalue weighted by molar-refractivity contribution is 14.0. The van der Waals surface area contributed by atoms with Gasteiger partial charge in [-0.05, 0) is 38.1 Å². The van der Waals surface area contributed by atoms with Crippen molar-refractivity contribution in [1.82, 2.24) is 20.5 Å². The molecule has 0 spiro atoms. The number of pyridine rings is 1. The van der Waals surface area contributed by atoms with Crippen LogP contribution in [0.25, 0.3) is 0 Å². The highest BCUT2D eigenvalue weighted by atomic mass is 127. The predicted molar refractivity (Wildman–Crippen MR) is 121 cm³/mol. The number of aliphatic imine (C=N–C) groups is 1. The van der Waals surface area contributed by atoms with Gasteiger partial charge in [-0.3, -0.25) is 9.88 Å². The first-order valence-electron chi connectivity index (χ1n) is 9.56. The number of aryl methyl sites for hydroxylation is 1. The Labute approximate surface area is 184 Å². The molecule has 7 nitrogen and oxygen atoms in total. The Bertz CT molecular complexity index is 716. The van der Waals surface area contributed by atoms with Gasteiger partial charge in [0.1, 0.15) is 11.5 Å². The van der Waals surface area contributed by atoms with Crippen molar-refractivity contribution in [2.75, 3.05) is 39.4 Å². The zero-order valence-corrected chi connectivity index (χ0v) is 18.9. The summed E-state index contributed by atoms with van der Waals surface area (Å²) >= 11 is 0. The molecule has 0 radical (unpaired) electrons. The fourth-order valence-corrected chi connectivity index (χ4v) is 3.12. The average Bonchev–Trinajstić information content (AvgIpc) is 3.14. The van der Waals surface area contributed by atoms with Crippen molar-refractivity contribution >= 4 is 29.9 Å². The number of morpholine rings is 1. The van der Waals surface area contributed by atoms with Crippen LogP contribution < -0.4 is 10.6 Å². The summed E-state index contributed by atoms with van der Waals surface area (Å²) in [5, 5.41) is 6.77. The summed E-state index contributed by atoms with van der Waals surface area (Å²) in [5.41, 5.74) is 0.945. The first-order valence-corrected chi connectivity index (χ1v) is 9.56.